The third-order valence-electron chi connectivity index (χ3n) is 3.35. The fraction of sp³-hybridized carbons (Fsp3) is 0.625. The summed E-state index contributed by atoms with van der Waals surface area (Å²) in [4.78, 5) is 0. The SMILES string of the molecule is CCc1ccc(OC(C)CNC(CC)CC)cc1. The first-order valence-corrected chi connectivity index (χ1v) is 7.18. The van der Waals surface area contributed by atoms with Gasteiger partial charge in [-0.15, -0.1) is 0 Å². The molecule has 0 fully saturated rings. The van der Waals surface area contributed by atoms with E-state index in [9.17, 15) is 0 Å². The Balaban J connectivity index is 2.36. The molecule has 0 saturated carbocycles. The lowest BCUT2D eigenvalue weighted by molar-refractivity contribution is 0.210. The predicted octanol–water partition coefficient (Wildman–Crippen LogP) is 3.79. The Morgan fingerprint density at radius 2 is 1.67 bits per heavy atom. The lowest BCUT2D eigenvalue weighted by Gasteiger charge is -2.20. The van der Waals surface area contributed by atoms with E-state index in [1.807, 2.05) is 0 Å². The Kier molecular flexibility index (Phi) is 6.81. The smallest absolute Gasteiger partial charge is 0.119 e. The number of hydrogen-bond donors (Lipinski definition) is 1. The van der Waals surface area contributed by atoms with E-state index in [0.717, 1.165) is 18.7 Å². The third-order valence-corrected chi connectivity index (χ3v) is 3.35. The highest BCUT2D eigenvalue weighted by Crippen LogP contribution is 2.14. The summed E-state index contributed by atoms with van der Waals surface area (Å²) in [5.74, 6) is 0.964. The summed E-state index contributed by atoms with van der Waals surface area (Å²) in [7, 11) is 0. The number of nitrogens with one attached hydrogen (secondary N) is 1. The van der Waals surface area contributed by atoms with Crippen molar-refractivity contribution in [3.8, 4) is 5.75 Å². The zero-order valence-electron chi connectivity index (χ0n) is 12.2. The topological polar surface area (TPSA) is 21.3 Å². The molecule has 0 aliphatic rings. The van der Waals surface area contributed by atoms with Gasteiger partial charge >= 0.3 is 0 Å². The van der Waals surface area contributed by atoms with E-state index < -0.39 is 0 Å². The highest BCUT2D eigenvalue weighted by Gasteiger charge is 2.07. The number of ether oxygens (including phenoxy) is 1. The van der Waals surface area contributed by atoms with Gasteiger partial charge in [-0.2, -0.15) is 0 Å². The van der Waals surface area contributed by atoms with Gasteiger partial charge in [-0.1, -0.05) is 32.9 Å². The summed E-state index contributed by atoms with van der Waals surface area (Å²) < 4.78 is 5.89. The van der Waals surface area contributed by atoms with Crippen molar-refractivity contribution in [2.75, 3.05) is 6.54 Å². The van der Waals surface area contributed by atoms with Gasteiger partial charge in [0.25, 0.3) is 0 Å². The molecule has 1 atom stereocenters. The Morgan fingerprint density at radius 3 is 2.17 bits per heavy atom. The second-order valence-electron chi connectivity index (χ2n) is 4.85. The molecule has 0 radical (unpaired) electrons. The second-order valence-corrected chi connectivity index (χ2v) is 4.85. The van der Waals surface area contributed by atoms with Gasteiger partial charge in [0, 0.05) is 12.6 Å². The van der Waals surface area contributed by atoms with Crippen LogP contribution < -0.4 is 10.1 Å². The molecular weight excluding hydrogens is 222 g/mol. The van der Waals surface area contributed by atoms with Crippen LogP contribution in [0.15, 0.2) is 24.3 Å². The normalized spacial score (nSPS) is 12.7. The molecular formula is C16H27NO. The van der Waals surface area contributed by atoms with Crippen LogP contribution in [-0.4, -0.2) is 18.7 Å². The van der Waals surface area contributed by atoms with E-state index >= 15 is 0 Å². The van der Waals surface area contributed by atoms with E-state index in [4.69, 9.17) is 4.74 Å². The second kappa shape index (κ2) is 8.15. The summed E-state index contributed by atoms with van der Waals surface area (Å²) in [6, 6.07) is 9.00. The minimum Gasteiger partial charge on any atom is -0.489 e. The predicted molar refractivity (Wildman–Crippen MR) is 78.3 cm³/mol. The average molecular weight is 249 g/mol. The molecule has 0 amide bonds. The minimum atomic E-state index is 0.207. The van der Waals surface area contributed by atoms with Crippen molar-refractivity contribution in [2.45, 2.75) is 59.1 Å². The number of benzene rings is 1. The van der Waals surface area contributed by atoms with Crippen LogP contribution in [0.4, 0.5) is 0 Å². The van der Waals surface area contributed by atoms with Gasteiger partial charge < -0.3 is 10.1 Å². The van der Waals surface area contributed by atoms with Gasteiger partial charge in [0.05, 0.1) is 0 Å². The molecule has 1 unspecified atom stereocenters. The molecule has 1 N–H and O–H groups in total. The molecule has 0 aliphatic carbocycles. The molecule has 2 nitrogen and oxygen atoms in total. The highest BCUT2D eigenvalue weighted by atomic mass is 16.5. The van der Waals surface area contributed by atoms with Crippen molar-refractivity contribution in [3.05, 3.63) is 29.8 Å². The van der Waals surface area contributed by atoms with E-state index in [1.165, 1.54) is 18.4 Å². The van der Waals surface area contributed by atoms with Gasteiger partial charge in [-0.3, -0.25) is 0 Å². The lowest BCUT2D eigenvalue weighted by atomic mass is 10.1. The van der Waals surface area contributed by atoms with Gasteiger partial charge in [0.1, 0.15) is 11.9 Å². The van der Waals surface area contributed by atoms with E-state index in [1.54, 1.807) is 0 Å². The Hall–Kier alpha value is -1.02. The summed E-state index contributed by atoms with van der Waals surface area (Å²) in [6.07, 6.45) is 3.63. The molecule has 0 aliphatic heterocycles. The fourth-order valence-electron chi connectivity index (χ4n) is 1.99. The molecule has 0 bridgehead atoms. The largest absolute Gasteiger partial charge is 0.489 e. The monoisotopic (exact) mass is 249 g/mol. The molecule has 102 valence electrons. The van der Waals surface area contributed by atoms with Crippen molar-refractivity contribution >= 4 is 0 Å². The van der Waals surface area contributed by atoms with Crippen LogP contribution in [0, 0.1) is 0 Å². The quantitative estimate of drug-likeness (QED) is 0.756. The van der Waals surface area contributed by atoms with Crippen LogP contribution >= 0.6 is 0 Å². The molecule has 2 heteroatoms. The molecule has 18 heavy (non-hydrogen) atoms. The van der Waals surface area contributed by atoms with Gasteiger partial charge in [0.2, 0.25) is 0 Å². The van der Waals surface area contributed by atoms with Gasteiger partial charge in [0.15, 0.2) is 0 Å². The summed E-state index contributed by atoms with van der Waals surface area (Å²) in [5, 5.41) is 3.54. The molecule has 0 aromatic heterocycles. The standard InChI is InChI=1S/C16H27NO/c1-5-14-8-10-16(11-9-14)18-13(4)12-17-15(6-2)7-3/h8-11,13,15,17H,5-7,12H2,1-4H3. The summed E-state index contributed by atoms with van der Waals surface area (Å²) in [5.41, 5.74) is 1.35. The van der Waals surface area contributed by atoms with Crippen molar-refractivity contribution in [2.24, 2.45) is 0 Å². The minimum absolute atomic E-state index is 0.207. The fourth-order valence-corrected chi connectivity index (χ4v) is 1.99. The Bertz CT molecular complexity index is 316. The van der Waals surface area contributed by atoms with Gasteiger partial charge in [-0.05, 0) is 43.9 Å². The van der Waals surface area contributed by atoms with Crippen LogP contribution in [0.5, 0.6) is 5.75 Å². The molecule has 1 aromatic rings. The van der Waals surface area contributed by atoms with E-state index in [0.29, 0.717) is 6.04 Å². The van der Waals surface area contributed by atoms with Crippen LogP contribution in [0.25, 0.3) is 0 Å². The maximum Gasteiger partial charge on any atom is 0.119 e. The Labute approximate surface area is 112 Å². The summed E-state index contributed by atoms with van der Waals surface area (Å²) in [6.45, 7) is 9.62. The van der Waals surface area contributed by atoms with Crippen LogP contribution in [0.3, 0.4) is 0 Å². The highest BCUT2D eigenvalue weighted by molar-refractivity contribution is 5.27. The van der Waals surface area contributed by atoms with Crippen LogP contribution in [0.2, 0.25) is 0 Å². The molecule has 1 aromatic carbocycles. The molecule has 1 rings (SSSR count). The number of hydrogen-bond acceptors (Lipinski definition) is 2. The van der Waals surface area contributed by atoms with E-state index in [2.05, 4.69) is 57.3 Å². The number of aryl methyl sites for hydroxylation is 1. The van der Waals surface area contributed by atoms with Gasteiger partial charge in [-0.25, -0.2) is 0 Å². The van der Waals surface area contributed by atoms with E-state index in [-0.39, 0.29) is 6.10 Å². The first kappa shape index (κ1) is 15.0. The van der Waals surface area contributed by atoms with Crippen molar-refractivity contribution in [1.29, 1.82) is 0 Å². The average Bonchev–Trinajstić information content (AvgIpc) is 2.41. The first-order chi connectivity index (χ1) is 8.69. The first-order valence-electron chi connectivity index (χ1n) is 7.18. The van der Waals surface area contributed by atoms with Crippen molar-refractivity contribution in [3.63, 3.8) is 0 Å². The molecule has 0 saturated heterocycles. The van der Waals surface area contributed by atoms with Crippen LogP contribution in [0.1, 0.15) is 46.1 Å². The summed E-state index contributed by atoms with van der Waals surface area (Å²) >= 11 is 0. The molecule has 0 spiro atoms. The molecule has 0 heterocycles. The van der Waals surface area contributed by atoms with Crippen molar-refractivity contribution < 1.29 is 4.74 Å². The maximum absolute atomic E-state index is 5.89. The van der Waals surface area contributed by atoms with Crippen molar-refractivity contribution in [1.82, 2.24) is 5.32 Å². The zero-order chi connectivity index (χ0) is 13.4. The Morgan fingerprint density at radius 1 is 1.06 bits per heavy atom. The number of rotatable bonds is 8. The van der Waals surface area contributed by atoms with Crippen LogP contribution in [-0.2, 0) is 6.42 Å². The third kappa shape index (κ3) is 5.09. The maximum atomic E-state index is 5.89. The zero-order valence-corrected chi connectivity index (χ0v) is 12.2. The lowest BCUT2D eigenvalue weighted by Crippen LogP contribution is -2.36.